The van der Waals surface area contributed by atoms with Crippen LogP contribution in [-0.2, 0) is 13.1 Å². The largest absolute Gasteiger partial charge is 0.311 e. The fourth-order valence-electron chi connectivity index (χ4n) is 2.20. The molecule has 0 atom stereocenters. The molecule has 0 bridgehead atoms. The fraction of sp³-hybridized carbons (Fsp3) is 0.533. The molecule has 0 spiro atoms. The lowest BCUT2D eigenvalue weighted by molar-refractivity contribution is 0.604. The Balaban J connectivity index is 2.13. The van der Waals surface area contributed by atoms with Crippen molar-refractivity contribution in [3.05, 3.63) is 30.0 Å². The minimum absolute atomic E-state index is 0.855. The molecular formula is C15H23N3S. The average Bonchev–Trinajstić information content (AvgIpc) is 2.80. The van der Waals surface area contributed by atoms with Crippen LogP contribution in [0.1, 0.15) is 26.0 Å². The van der Waals surface area contributed by atoms with Gasteiger partial charge in [-0.2, -0.15) is 16.9 Å². The Bertz CT molecular complexity index is 507. The van der Waals surface area contributed by atoms with Gasteiger partial charge in [-0.05, 0) is 30.5 Å². The minimum atomic E-state index is 0.855. The quantitative estimate of drug-likeness (QED) is 0.751. The van der Waals surface area contributed by atoms with E-state index in [0.717, 1.165) is 19.6 Å². The molecule has 0 unspecified atom stereocenters. The second-order valence-corrected chi connectivity index (χ2v) is 5.91. The monoisotopic (exact) mass is 277 g/mol. The Hall–Kier alpha value is -1.00. The van der Waals surface area contributed by atoms with E-state index in [-0.39, 0.29) is 0 Å². The van der Waals surface area contributed by atoms with E-state index >= 15 is 0 Å². The molecular weight excluding hydrogens is 254 g/mol. The van der Waals surface area contributed by atoms with Crippen molar-refractivity contribution in [1.82, 2.24) is 15.1 Å². The van der Waals surface area contributed by atoms with Crippen LogP contribution in [0.25, 0.3) is 10.9 Å². The molecule has 0 amide bonds. The summed E-state index contributed by atoms with van der Waals surface area (Å²) in [6.45, 7) is 7.19. The predicted molar refractivity (Wildman–Crippen MR) is 84.7 cm³/mol. The van der Waals surface area contributed by atoms with Crippen LogP contribution in [0.3, 0.4) is 0 Å². The van der Waals surface area contributed by atoms with Crippen molar-refractivity contribution >= 4 is 22.7 Å². The first kappa shape index (κ1) is 14.4. The van der Waals surface area contributed by atoms with Gasteiger partial charge in [-0.3, -0.25) is 4.68 Å². The molecule has 3 nitrogen and oxygen atoms in total. The van der Waals surface area contributed by atoms with E-state index in [1.54, 1.807) is 0 Å². The number of nitrogens with zero attached hydrogens (tertiary/aromatic N) is 2. The van der Waals surface area contributed by atoms with Gasteiger partial charge in [-0.25, -0.2) is 0 Å². The highest BCUT2D eigenvalue weighted by molar-refractivity contribution is 7.99. The molecule has 2 aromatic rings. The molecule has 0 radical (unpaired) electrons. The van der Waals surface area contributed by atoms with Gasteiger partial charge in [-0.1, -0.05) is 32.0 Å². The van der Waals surface area contributed by atoms with E-state index in [1.165, 1.54) is 34.5 Å². The molecule has 1 aromatic carbocycles. The topological polar surface area (TPSA) is 29.9 Å². The van der Waals surface area contributed by atoms with Crippen molar-refractivity contribution in [3.8, 4) is 0 Å². The maximum Gasteiger partial charge on any atom is 0.0841 e. The van der Waals surface area contributed by atoms with Crippen molar-refractivity contribution in [2.24, 2.45) is 0 Å². The van der Waals surface area contributed by atoms with Crippen molar-refractivity contribution in [2.45, 2.75) is 33.4 Å². The van der Waals surface area contributed by atoms with Gasteiger partial charge in [0.05, 0.1) is 11.2 Å². The van der Waals surface area contributed by atoms with Gasteiger partial charge >= 0.3 is 0 Å². The van der Waals surface area contributed by atoms with Crippen LogP contribution in [0.15, 0.2) is 24.3 Å². The first-order chi connectivity index (χ1) is 9.36. The maximum atomic E-state index is 4.77. The van der Waals surface area contributed by atoms with Crippen LogP contribution in [0.5, 0.6) is 0 Å². The smallest absolute Gasteiger partial charge is 0.0841 e. The molecule has 1 aromatic heterocycles. The highest BCUT2D eigenvalue weighted by Crippen LogP contribution is 2.19. The number of hydrogen-bond acceptors (Lipinski definition) is 3. The summed E-state index contributed by atoms with van der Waals surface area (Å²) in [5.74, 6) is 2.42. The summed E-state index contributed by atoms with van der Waals surface area (Å²) in [6, 6.07) is 8.53. The van der Waals surface area contributed by atoms with E-state index in [0.29, 0.717) is 0 Å². The number of hydrogen-bond donors (Lipinski definition) is 1. The Morgan fingerprint density at radius 1 is 1.26 bits per heavy atom. The lowest BCUT2D eigenvalue weighted by Gasteiger charge is -2.02. The summed E-state index contributed by atoms with van der Waals surface area (Å²) in [5, 5.41) is 9.42. The number of benzene rings is 1. The molecule has 19 heavy (non-hydrogen) atoms. The standard InChI is InChI=1S/C15H23N3S/c1-3-16-12-14-13-8-5-6-9-15(13)18(17-14)10-7-11-19-4-2/h5-6,8-9,16H,3-4,7,10-12H2,1-2H3. The first-order valence-corrected chi connectivity index (χ1v) is 8.25. The summed E-state index contributed by atoms with van der Waals surface area (Å²) in [5.41, 5.74) is 2.43. The van der Waals surface area contributed by atoms with E-state index in [9.17, 15) is 0 Å². The zero-order valence-corrected chi connectivity index (χ0v) is 12.7. The summed E-state index contributed by atoms with van der Waals surface area (Å²) < 4.78 is 2.16. The molecule has 4 heteroatoms. The first-order valence-electron chi connectivity index (χ1n) is 7.09. The van der Waals surface area contributed by atoms with Crippen molar-refractivity contribution in [3.63, 3.8) is 0 Å². The molecule has 0 aliphatic heterocycles. The number of aryl methyl sites for hydroxylation is 1. The molecule has 0 saturated carbocycles. The maximum absolute atomic E-state index is 4.77. The second-order valence-electron chi connectivity index (χ2n) is 4.52. The lowest BCUT2D eigenvalue weighted by atomic mass is 10.2. The summed E-state index contributed by atoms with van der Waals surface area (Å²) in [7, 11) is 0. The van der Waals surface area contributed by atoms with Crippen LogP contribution in [0.2, 0.25) is 0 Å². The summed E-state index contributed by atoms with van der Waals surface area (Å²) in [6.07, 6.45) is 1.19. The third-order valence-corrected chi connectivity index (χ3v) is 4.13. The number of rotatable bonds is 8. The SMILES string of the molecule is CCNCc1nn(CCCSCC)c2ccccc12. The molecule has 1 N–H and O–H groups in total. The van der Waals surface area contributed by atoms with Gasteiger partial charge in [0.1, 0.15) is 0 Å². The van der Waals surface area contributed by atoms with E-state index in [2.05, 4.69) is 48.1 Å². The lowest BCUT2D eigenvalue weighted by Crippen LogP contribution is -2.13. The van der Waals surface area contributed by atoms with Crippen LogP contribution in [0, 0.1) is 0 Å². The fourth-order valence-corrected chi connectivity index (χ4v) is 2.82. The highest BCUT2D eigenvalue weighted by Gasteiger charge is 2.08. The Labute approximate surface area is 119 Å². The Kier molecular flexibility index (Phi) is 5.73. The number of thioether (sulfide) groups is 1. The Morgan fingerprint density at radius 2 is 2.11 bits per heavy atom. The van der Waals surface area contributed by atoms with Gasteiger partial charge in [0, 0.05) is 18.5 Å². The van der Waals surface area contributed by atoms with Crippen LogP contribution in [-0.4, -0.2) is 27.8 Å². The molecule has 2 rings (SSSR count). The van der Waals surface area contributed by atoms with Crippen LogP contribution < -0.4 is 5.32 Å². The van der Waals surface area contributed by atoms with Crippen molar-refractivity contribution < 1.29 is 0 Å². The molecule has 0 aliphatic carbocycles. The molecule has 0 fully saturated rings. The molecule has 0 aliphatic rings. The van der Waals surface area contributed by atoms with E-state index in [1.807, 2.05) is 11.8 Å². The van der Waals surface area contributed by atoms with Crippen molar-refractivity contribution in [2.75, 3.05) is 18.1 Å². The van der Waals surface area contributed by atoms with Gasteiger partial charge in [0.25, 0.3) is 0 Å². The van der Waals surface area contributed by atoms with Crippen LogP contribution in [0.4, 0.5) is 0 Å². The van der Waals surface area contributed by atoms with Crippen molar-refractivity contribution in [1.29, 1.82) is 0 Å². The van der Waals surface area contributed by atoms with Gasteiger partial charge in [0.2, 0.25) is 0 Å². The normalized spacial score (nSPS) is 11.3. The number of nitrogens with one attached hydrogen (secondary N) is 1. The zero-order valence-electron chi connectivity index (χ0n) is 11.9. The summed E-state index contributed by atoms with van der Waals surface area (Å²) >= 11 is 2.00. The van der Waals surface area contributed by atoms with Crippen LogP contribution >= 0.6 is 11.8 Å². The summed E-state index contributed by atoms with van der Waals surface area (Å²) in [4.78, 5) is 0. The third-order valence-electron chi connectivity index (χ3n) is 3.14. The van der Waals surface area contributed by atoms with E-state index < -0.39 is 0 Å². The molecule has 104 valence electrons. The second kappa shape index (κ2) is 7.56. The molecule has 0 saturated heterocycles. The van der Waals surface area contributed by atoms with Gasteiger partial charge < -0.3 is 5.32 Å². The third kappa shape index (κ3) is 3.74. The van der Waals surface area contributed by atoms with Gasteiger partial charge in [-0.15, -0.1) is 0 Å². The van der Waals surface area contributed by atoms with Gasteiger partial charge in [0.15, 0.2) is 0 Å². The molecule has 1 heterocycles. The average molecular weight is 277 g/mol. The zero-order chi connectivity index (χ0) is 13.5. The number of fused-ring (bicyclic) bond motifs is 1. The predicted octanol–water partition coefficient (Wildman–Crippen LogP) is 3.29. The Morgan fingerprint density at radius 3 is 2.89 bits per heavy atom. The minimum Gasteiger partial charge on any atom is -0.311 e. The number of para-hydroxylation sites is 1. The highest BCUT2D eigenvalue weighted by atomic mass is 32.2. The number of aromatic nitrogens is 2. The van der Waals surface area contributed by atoms with E-state index in [4.69, 9.17) is 5.10 Å².